The van der Waals surface area contributed by atoms with Crippen molar-refractivity contribution < 1.29 is 27.4 Å². The third kappa shape index (κ3) is 4.68. The fraction of sp³-hybridized carbons (Fsp3) is 0.562. The minimum Gasteiger partial charge on any atom is -0.454 e. The van der Waals surface area contributed by atoms with Gasteiger partial charge in [0.15, 0.2) is 11.5 Å². The van der Waals surface area contributed by atoms with Crippen LogP contribution in [0.3, 0.4) is 0 Å². The number of urea groups is 1. The minimum absolute atomic E-state index is 0.178. The van der Waals surface area contributed by atoms with Crippen molar-refractivity contribution in [2.24, 2.45) is 0 Å². The fourth-order valence-electron chi connectivity index (χ4n) is 3.04. The number of carbonyl (C=O) groups excluding carboxylic acids is 1. The molecule has 2 N–H and O–H groups in total. The molecular weight excluding hydrogens is 339 g/mol. The van der Waals surface area contributed by atoms with Crippen LogP contribution in [0.25, 0.3) is 0 Å². The summed E-state index contributed by atoms with van der Waals surface area (Å²) in [5.74, 6) is 1.29. The summed E-state index contributed by atoms with van der Waals surface area (Å²) in [7, 11) is 0. The number of hydrogen-bond acceptors (Lipinski definition) is 4. The van der Waals surface area contributed by atoms with Crippen LogP contribution in [0, 0.1) is 0 Å². The van der Waals surface area contributed by atoms with Gasteiger partial charge in [-0.3, -0.25) is 4.90 Å². The highest BCUT2D eigenvalue weighted by Crippen LogP contribution is 2.34. The van der Waals surface area contributed by atoms with Gasteiger partial charge in [-0.05, 0) is 31.0 Å². The lowest BCUT2D eigenvalue weighted by Gasteiger charge is -2.20. The van der Waals surface area contributed by atoms with Crippen LogP contribution in [0.2, 0.25) is 0 Å². The molecule has 2 aliphatic heterocycles. The van der Waals surface area contributed by atoms with Crippen molar-refractivity contribution in [2.45, 2.75) is 31.6 Å². The molecule has 1 saturated heterocycles. The van der Waals surface area contributed by atoms with E-state index in [2.05, 4.69) is 10.6 Å². The van der Waals surface area contributed by atoms with E-state index >= 15 is 0 Å². The van der Waals surface area contributed by atoms with Crippen LogP contribution in [0.1, 0.15) is 24.9 Å². The third-order valence-electron chi connectivity index (χ3n) is 4.25. The quantitative estimate of drug-likeness (QED) is 0.867. The average molecular weight is 359 g/mol. The molecule has 0 saturated carbocycles. The Labute approximate surface area is 143 Å². The number of nitrogens with zero attached hydrogens (tertiary/aromatic N) is 1. The lowest BCUT2D eigenvalue weighted by Crippen LogP contribution is -2.44. The lowest BCUT2D eigenvalue weighted by atomic mass is 10.1. The van der Waals surface area contributed by atoms with Crippen LogP contribution in [-0.2, 0) is 0 Å². The first-order valence-electron chi connectivity index (χ1n) is 8.06. The van der Waals surface area contributed by atoms with E-state index in [1.165, 1.54) is 4.90 Å². The Morgan fingerprint density at radius 1 is 1.36 bits per heavy atom. The molecule has 1 aromatic rings. The van der Waals surface area contributed by atoms with Crippen LogP contribution in [0.15, 0.2) is 18.2 Å². The molecule has 0 radical (unpaired) electrons. The van der Waals surface area contributed by atoms with Gasteiger partial charge in [0.1, 0.15) is 0 Å². The molecule has 2 atom stereocenters. The van der Waals surface area contributed by atoms with Crippen molar-refractivity contribution >= 4 is 6.03 Å². The summed E-state index contributed by atoms with van der Waals surface area (Å²) < 4.78 is 47.7. The van der Waals surface area contributed by atoms with E-state index in [0.29, 0.717) is 24.5 Å². The molecular formula is C16H20F3N3O3. The number of alkyl halides is 3. The van der Waals surface area contributed by atoms with Crippen LogP contribution in [-0.4, -0.2) is 49.6 Å². The van der Waals surface area contributed by atoms with Crippen molar-refractivity contribution in [3.8, 4) is 11.5 Å². The minimum atomic E-state index is -4.22. The van der Waals surface area contributed by atoms with Crippen molar-refractivity contribution in [2.75, 3.05) is 26.4 Å². The summed E-state index contributed by atoms with van der Waals surface area (Å²) in [6, 6.07) is 4.45. The number of hydrogen-bond donors (Lipinski definition) is 2. The first-order chi connectivity index (χ1) is 11.8. The first-order valence-corrected chi connectivity index (χ1v) is 8.06. The molecule has 1 fully saturated rings. The van der Waals surface area contributed by atoms with Gasteiger partial charge in [-0.15, -0.1) is 0 Å². The number of fused-ring (bicyclic) bond motifs is 1. The summed E-state index contributed by atoms with van der Waals surface area (Å²) in [6.07, 6.45) is -3.72. The van der Waals surface area contributed by atoms with Gasteiger partial charge < -0.3 is 20.1 Å². The highest BCUT2D eigenvalue weighted by atomic mass is 19.4. The Morgan fingerprint density at radius 2 is 2.12 bits per heavy atom. The Hall–Kier alpha value is -2.16. The zero-order valence-corrected chi connectivity index (χ0v) is 13.7. The van der Waals surface area contributed by atoms with E-state index in [0.717, 1.165) is 5.56 Å². The second-order valence-electron chi connectivity index (χ2n) is 6.29. The maximum atomic E-state index is 12.4. The number of amides is 2. The van der Waals surface area contributed by atoms with Crippen LogP contribution >= 0.6 is 0 Å². The number of likely N-dealkylation sites (tertiary alicyclic amines) is 1. The summed E-state index contributed by atoms with van der Waals surface area (Å²) in [4.78, 5) is 13.4. The highest BCUT2D eigenvalue weighted by Gasteiger charge is 2.34. The SMILES string of the molecule is CC(NC(=O)NC1CCN(CC(F)(F)F)C1)c1ccc2c(c1)OCO2. The molecule has 6 nitrogen and oxygen atoms in total. The van der Waals surface area contributed by atoms with E-state index in [1.54, 1.807) is 12.1 Å². The predicted octanol–water partition coefficient (Wildman–Crippen LogP) is 2.41. The van der Waals surface area contributed by atoms with Gasteiger partial charge in [-0.2, -0.15) is 13.2 Å². The van der Waals surface area contributed by atoms with Gasteiger partial charge in [-0.1, -0.05) is 6.07 Å². The second-order valence-corrected chi connectivity index (χ2v) is 6.29. The van der Waals surface area contributed by atoms with Crippen molar-refractivity contribution in [3.05, 3.63) is 23.8 Å². The highest BCUT2D eigenvalue weighted by molar-refractivity contribution is 5.74. The molecule has 2 amide bonds. The largest absolute Gasteiger partial charge is 0.454 e. The molecule has 0 aliphatic carbocycles. The van der Waals surface area contributed by atoms with Gasteiger partial charge in [0.25, 0.3) is 0 Å². The zero-order chi connectivity index (χ0) is 18.0. The monoisotopic (exact) mass is 359 g/mol. The van der Waals surface area contributed by atoms with Crippen LogP contribution in [0.4, 0.5) is 18.0 Å². The maximum absolute atomic E-state index is 12.4. The number of benzene rings is 1. The van der Waals surface area contributed by atoms with Crippen LogP contribution < -0.4 is 20.1 Å². The van der Waals surface area contributed by atoms with Crippen molar-refractivity contribution in [3.63, 3.8) is 0 Å². The molecule has 2 unspecified atom stereocenters. The molecule has 138 valence electrons. The number of ether oxygens (including phenoxy) is 2. The third-order valence-corrected chi connectivity index (χ3v) is 4.25. The van der Waals surface area contributed by atoms with E-state index in [4.69, 9.17) is 9.47 Å². The van der Waals surface area contributed by atoms with E-state index in [9.17, 15) is 18.0 Å². The Bertz CT molecular complexity index is 639. The normalized spacial score (nSPS) is 21.2. The predicted molar refractivity (Wildman–Crippen MR) is 83.5 cm³/mol. The van der Waals surface area contributed by atoms with Crippen molar-refractivity contribution in [1.29, 1.82) is 0 Å². The standard InChI is InChI=1S/C16H20F3N3O3/c1-10(11-2-3-13-14(6-11)25-9-24-13)20-15(23)21-12-4-5-22(7-12)8-16(17,18)19/h2-3,6,10,12H,4-5,7-9H2,1H3,(H2,20,21,23). The molecule has 3 rings (SSSR count). The molecule has 2 heterocycles. The smallest absolute Gasteiger partial charge is 0.401 e. The van der Waals surface area contributed by atoms with Gasteiger partial charge in [0.05, 0.1) is 12.6 Å². The van der Waals surface area contributed by atoms with Gasteiger partial charge >= 0.3 is 12.2 Å². The maximum Gasteiger partial charge on any atom is 0.401 e. The summed E-state index contributed by atoms with van der Waals surface area (Å²) >= 11 is 0. The molecule has 25 heavy (non-hydrogen) atoms. The molecule has 9 heteroatoms. The molecule has 0 spiro atoms. The first kappa shape index (κ1) is 17.7. The van der Waals surface area contributed by atoms with Crippen molar-refractivity contribution in [1.82, 2.24) is 15.5 Å². The molecule has 2 aliphatic rings. The summed E-state index contributed by atoms with van der Waals surface area (Å²) in [5, 5.41) is 5.52. The lowest BCUT2D eigenvalue weighted by molar-refractivity contribution is -0.143. The fourth-order valence-corrected chi connectivity index (χ4v) is 3.04. The van der Waals surface area contributed by atoms with E-state index in [1.807, 2.05) is 13.0 Å². The number of nitrogens with one attached hydrogen (secondary N) is 2. The summed E-state index contributed by atoms with van der Waals surface area (Å²) in [5.41, 5.74) is 0.851. The summed E-state index contributed by atoms with van der Waals surface area (Å²) in [6.45, 7) is 1.58. The molecule has 0 aromatic heterocycles. The number of carbonyl (C=O) groups is 1. The Morgan fingerprint density at radius 3 is 2.88 bits per heavy atom. The Balaban J connectivity index is 1.48. The number of halogens is 3. The van der Waals surface area contributed by atoms with Gasteiger partial charge in [-0.25, -0.2) is 4.79 Å². The topological polar surface area (TPSA) is 62.8 Å². The van der Waals surface area contributed by atoms with E-state index in [-0.39, 0.29) is 25.4 Å². The number of rotatable bonds is 4. The van der Waals surface area contributed by atoms with Gasteiger partial charge in [0.2, 0.25) is 6.79 Å². The molecule has 1 aromatic carbocycles. The van der Waals surface area contributed by atoms with E-state index < -0.39 is 18.8 Å². The average Bonchev–Trinajstić information content (AvgIpc) is 3.13. The van der Waals surface area contributed by atoms with Gasteiger partial charge in [0, 0.05) is 19.1 Å². The van der Waals surface area contributed by atoms with Crippen LogP contribution in [0.5, 0.6) is 11.5 Å². The second kappa shape index (κ2) is 6.99. The Kier molecular flexibility index (Phi) is 4.94. The zero-order valence-electron chi connectivity index (χ0n) is 13.7. The molecule has 0 bridgehead atoms.